The Kier molecular flexibility index (Phi) is 9.35. The number of methoxy groups -OCH3 is 1. The standard InChI is InChI=1S/C20H34N4O3/c1-16(2)27-19-7-6-17(14-22-19)15-23-20(21-3)24-10-8-18(9-11-24)26-13-5-12-25-4/h6-7,14,16,18H,5,8-13,15H2,1-4H3,(H,21,23). The van der Waals surface area contributed by atoms with Crippen LogP contribution in [0, 0.1) is 0 Å². The summed E-state index contributed by atoms with van der Waals surface area (Å²) in [5.74, 6) is 1.58. The molecule has 27 heavy (non-hydrogen) atoms. The Bertz CT molecular complexity index is 555. The van der Waals surface area contributed by atoms with Crippen molar-refractivity contribution < 1.29 is 14.2 Å². The third-order valence-electron chi connectivity index (χ3n) is 4.40. The van der Waals surface area contributed by atoms with Gasteiger partial charge in [-0.2, -0.15) is 0 Å². The number of nitrogens with one attached hydrogen (secondary N) is 1. The van der Waals surface area contributed by atoms with Gasteiger partial charge in [-0.05, 0) is 38.7 Å². The van der Waals surface area contributed by atoms with Crippen molar-refractivity contribution in [2.75, 3.05) is 40.5 Å². The van der Waals surface area contributed by atoms with Crippen LogP contribution in [-0.2, 0) is 16.0 Å². The van der Waals surface area contributed by atoms with E-state index in [2.05, 4.69) is 20.2 Å². The van der Waals surface area contributed by atoms with E-state index in [1.807, 2.05) is 39.2 Å². The molecule has 1 aliphatic heterocycles. The first-order valence-corrected chi connectivity index (χ1v) is 9.80. The Labute approximate surface area is 163 Å². The first-order valence-electron chi connectivity index (χ1n) is 9.80. The number of guanidine groups is 1. The smallest absolute Gasteiger partial charge is 0.213 e. The second-order valence-electron chi connectivity index (χ2n) is 6.98. The third kappa shape index (κ3) is 7.72. The monoisotopic (exact) mass is 378 g/mol. The van der Waals surface area contributed by atoms with Gasteiger partial charge in [0.1, 0.15) is 0 Å². The van der Waals surface area contributed by atoms with Crippen LogP contribution in [0.3, 0.4) is 0 Å². The van der Waals surface area contributed by atoms with Crippen LogP contribution in [0.1, 0.15) is 38.7 Å². The van der Waals surface area contributed by atoms with Gasteiger partial charge in [0.15, 0.2) is 5.96 Å². The molecule has 0 saturated carbocycles. The van der Waals surface area contributed by atoms with E-state index in [0.717, 1.165) is 57.1 Å². The summed E-state index contributed by atoms with van der Waals surface area (Å²) in [5.41, 5.74) is 1.10. The Balaban J connectivity index is 1.73. The largest absolute Gasteiger partial charge is 0.475 e. The van der Waals surface area contributed by atoms with E-state index in [0.29, 0.717) is 18.5 Å². The molecule has 0 unspecified atom stereocenters. The van der Waals surface area contributed by atoms with E-state index < -0.39 is 0 Å². The maximum Gasteiger partial charge on any atom is 0.213 e. The van der Waals surface area contributed by atoms with Crippen LogP contribution >= 0.6 is 0 Å². The molecule has 1 N–H and O–H groups in total. The predicted molar refractivity (Wildman–Crippen MR) is 107 cm³/mol. The van der Waals surface area contributed by atoms with Crippen molar-refractivity contribution in [2.24, 2.45) is 4.99 Å². The maximum atomic E-state index is 5.93. The first kappa shape index (κ1) is 21.4. The summed E-state index contributed by atoms with van der Waals surface area (Å²) in [6.07, 6.45) is 5.32. The van der Waals surface area contributed by atoms with E-state index in [-0.39, 0.29) is 6.10 Å². The van der Waals surface area contributed by atoms with Crippen LogP contribution in [0.4, 0.5) is 0 Å². The van der Waals surface area contributed by atoms with Crippen LogP contribution in [-0.4, -0.2) is 68.5 Å². The molecule has 2 rings (SSSR count). The van der Waals surface area contributed by atoms with Crippen LogP contribution in [0.15, 0.2) is 23.3 Å². The molecule has 0 amide bonds. The van der Waals surface area contributed by atoms with Crippen molar-refractivity contribution in [3.05, 3.63) is 23.9 Å². The molecule has 0 atom stereocenters. The average molecular weight is 379 g/mol. The molecule has 1 aliphatic rings. The van der Waals surface area contributed by atoms with Gasteiger partial charge in [0.2, 0.25) is 5.88 Å². The number of aliphatic imine (C=N–C) groups is 1. The zero-order chi connectivity index (χ0) is 19.5. The molecule has 0 aliphatic carbocycles. The van der Waals surface area contributed by atoms with Crippen molar-refractivity contribution in [3.8, 4) is 5.88 Å². The van der Waals surface area contributed by atoms with Crippen LogP contribution in [0.25, 0.3) is 0 Å². The number of ether oxygens (including phenoxy) is 3. The highest BCUT2D eigenvalue weighted by Crippen LogP contribution is 2.15. The molecule has 1 aromatic rings. The fourth-order valence-electron chi connectivity index (χ4n) is 3.03. The van der Waals surface area contributed by atoms with Crippen LogP contribution in [0.5, 0.6) is 5.88 Å². The molecular formula is C20H34N4O3. The van der Waals surface area contributed by atoms with Gasteiger partial charge >= 0.3 is 0 Å². The molecule has 0 spiro atoms. The normalized spacial score (nSPS) is 16.0. The maximum absolute atomic E-state index is 5.93. The third-order valence-corrected chi connectivity index (χ3v) is 4.40. The van der Waals surface area contributed by atoms with Gasteiger partial charge in [0.05, 0.1) is 12.2 Å². The lowest BCUT2D eigenvalue weighted by Gasteiger charge is -2.34. The minimum absolute atomic E-state index is 0.132. The topological polar surface area (TPSA) is 68.2 Å². The molecule has 0 radical (unpaired) electrons. The van der Waals surface area contributed by atoms with E-state index in [9.17, 15) is 0 Å². The van der Waals surface area contributed by atoms with Gasteiger partial charge in [-0.15, -0.1) is 0 Å². The fraction of sp³-hybridized carbons (Fsp3) is 0.700. The molecule has 2 heterocycles. The average Bonchev–Trinajstić information content (AvgIpc) is 2.67. The number of likely N-dealkylation sites (tertiary alicyclic amines) is 1. The minimum Gasteiger partial charge on any atom is -0.475 e. The second-order valence-corrected chi connectivity index (χ2v) is 6.98. The van der Waals surface area contributed by atoms with Crippen molar-refractivity contribution in [1.82, 2.24) is 15.2 Å². The fourth-order valence-corrected chi connectivity index (χ4v) is 3.03. The first-order chi connectivity index (χ1) is 13.1. The lowest BCUT2D eigenvalue weighted by atomic mass is 10.1. The minimum atomic E-state index is 0.132. The number of pyridine rings is 1. The van der Waals surface area contributed by atoms with Gasteiger partial charge in [-0.25, -0.2) is 4.98 Å². The number of hydrogen-bond acceptors (Lipinski definition) is 5. The molecule has 152 valence electrons. The van der Waals surface area contributed by atoms with Crippen LogP contribution < -0.4 is 10.1 Å². The Morgan fingerprint density at radius 3 is 2.67 bits per heavy atom. The van der Waals surface area contributed by atoms with Crippen molar-refractivity contribution >= 4 is 5.96 Å². The molecule has 0 bridgehead atoms. The highest BCUT2D eigenvalue weighted by Gasteiger charge is 2.21. The Hall–Kier alpha value is -1.86. The molecule has 0 aromatic carbocycles. The second kappa shape index (κ2) is 11.8. The van der Waals surface area contributed by atoms with Crippen molar-refractivity contribution in [3.63, 3.8) is 0 Å². The number of aromatic nitrogens is 1. The number of nitrogens with zero attached hydrogens (tertiary/aromatic N) is 3. The predicted octanol–water partition coefficient (Wildman–Crippen LogP) is 2.46. The van der Waals surface area contributed by atoms with Crippen LogP contribution in [0.2, 0.25) is 0 Å². The lowest BCUT2D eigenvalue weighted by molar-refractivity contribution is 0.00989. The summed E-state index contributed by atoms with van der Waals surface area (Å²) in [6, 6.07) is 3.94. The SMILES string of the molecule is CN=C(NCc1ccc(OC(C)C)nc1)N1CCC(OCCCOC)CC1. The molecule has 7 nitrogen and oxygen atoms in total. The van der Waals surface area contributed by atoms with Gasteiger partial charge < -0.3 is 24.4 Å². The summed E-state index contributed by atoms with van der Waals surface area (Å²) in [4.78, 5) is 11.1. The zero-order valence-electron chi connectivity index (χ0n) is 17.1. The molecule has 1 aromatic heterocycles. The molecule has 7 heteroatoms. The van der Waals surface area contributed by atoms with Gasteiger partial charge in [-0.1, -0.05) is 6.07 Å². The van der Waals surface area contributed by atoms with E-state index in [4.69, 9.17) is 14.2 Å². The number of rotatable bonds is 9. The van der Waals surface area contributed by atoms with E-state index in [1.54, 1.807) is 7.11 Å². The zero-order valence-corrected chi connectivity index (χ0v) is 17.1. The van der Waals surface area contributed by atoms with Gasteiger partial charge in [0, 0.05) is 59.3 Å². The summed E-state index contributed by atoms with van der Waals surface area (Å²) in [7, 11) is 3.55. The summed E-state index contributed by atoms with van der Waals surface area (Å²) < 4.78 is 16.6. The lowest BCUT2D eigenvalue weighted by Crippen LogP contribution is -2.46. The summed E-state index contributed by atoms with van der Waals surface area (Å²) in [6.45, 7) is 8.12. The van der Waals surface area contributed by atoms with Gasteiger partial charge in [0.25, 0.3) is 0 Å². The molecule has 1 saturated heterocycles. The number of piperidine rings is 1. The Morgan fingerprint density at radius 1 is 1.30 bits per heavy atom. The van der Waals surface area contributed by atoms with Crippen molar-refractivity contribution in [1.29, 1.82) is 0 Å². The molecule has 1 fully saturated rings. The highest BCUT2D eigenvalue weighted by molar-refractivity contribution is 5.79. The Morgan fingerprint density at radius 2 is 2.07 bits per heavy atom. The van der Waals surface area contributed by atoms with Gasteiger partial charge in [-0.3, -0.25) is 4.99 Å². The van der Waals surface area contributed by atoms with E-state index >= 15 is 0 Å². The summed E-state index contributed by atoms with van der Waals surface area (Å²) >= 11 is 0. The number of hydrogen-bond donors (Lipinski definition) is 1. The quantitative estimate of drug-likeness (QED) is 0.404. The highest BCUT2D eigenvalue weighted by atomic mass is 16.5. The summed E-state index contributed by atoms with van der Waals surface area (Å²) in [5, 5.41) is 3.43. The van der Waals surface area contributed by atoms with Crippen molar-refractivity contribution in [2.45, 2.75) is 51.9 Å². The van der Waals surface area contributed by atoms with E-state index in [1.165, 1.54) is 0 Å². The molecular weight excluding hydrogens is 344 g/mol.